The van der Waals surface area contributed by atoms with E-state index in [-0.39, 0.29) is 0 Å². The molecule has 0 N–H and O–H groups in total. The number of para-hydroxylation sites is 1. The van der Waals surface area contributed by atoms with E-state index in [1.165, 1.54) is 0 Å². The second-order valence-electron chi connectivity index (χ2n) is 5.23. The van der Waals surface area contributed by atoms with Gasteiger partial charge in [-0.15, -0.1) is 0 Å². The Morgan fingerprint density at radius 2 is 1.57 bits per heavy atom. The van der Waals surface area contributed by atoms with Gasteiger partial charge in [0.1, 0.15) is 5.82 Å². The summed E-state index contributed by atoms with van der Waals surface area (Å²) in [4.78, 5) is 10.9. The molecule has 0 spiro atoms. The Bertz CT molecular complexity index is 876. The number of hydrogen-bond donors (Lipinski definition) is 0. The fourth-order valence-corrected chi connectivity index (χ4v) is 2.76. The van der Waals surface area contributed by atoms with Crippen LogP contribution in [0.4, 0.5) is 17.2 Å². The van der Waals surface area contributed by atoms with Crippen molar-refractivity contribution in [3.63, 3.8) is 0 Å². The lowest BCUT2D eigenvalue weighted by Crippen LogP contribution is -2.11. The zero-order chi connectivity index (χ0) is 15.5. The van der Waals surface area contributed by atoms with Crippen LogP contribution in [-0.2, 0) is 0 Å². The van der Waals surface area contributed by atoms with Crippen molar-refractivity contribution in [3.8, 4) is 0 Å². The monoisotopic (exact) mass is 297 g/mol. The first-order valence-electron chi connectivity index (χ1n) is 7.52. The van der Waals surface area contributed by atoms with Gasteiger partial charge in [0.2, 0.25) is 0 Å². The molecule has 0 aliphatic heterocycles. The molecule has 0 amide bonds. The molecule has 0 radical (unpaired) electrons. The van der Waals surface area contributed by atoms with Gasteiger partial charge in [-0.25, -0.2) is 4.98 Å². The maximum atomic E-state index is 4.55. The van der Waals surface area contributed by atoms with Crippen LogP contribution in [0.3, 0.4) is 0 Å². The number of aromatic nitrogens is 2. The van der Waals surface area contributed by atoms with Crippen LogP contribution in [0, 0.1) is 0 Å². The second-order valence-corrected chi connectivity index (χ2v) is 5.23. The van der Waals surface area contributed by atoms with Gasteiger partial charge in [0.25, 0.3) is 0 Å². The fraction of sp³-hybridized carbons (Fsp3) is 0. The molecule has 0 atom stereocenters. The lowest BCUT2D eigenvalue weighted by Gasteiger charge is -2.25. The molecule has 23 heavy (non-hydrogen) atoms. The first-order chi connectivity index (χ1) is 11.4. The lowest BCUT2D eigenvalue weighted by atomic mass is 10.1. The van der Waals surface area contributed by atoms with Gasteiger partial charge >= 0.3 is 0 Å². The summed E-state index contributed by atoms with van der Waals surface area (Å²) in [6, 6.07) is 24.5. The van der Waals surface area contributed by atoms with Gasteiger partial charge in [-0.1, -0.05) is 36.4 Å². The van der Waals surface area contributed by atoms with E-state index in [0.717, 1.165) is 28.0 Å². The van der Waals surface area contributed by atoms with Gasteiger partial charge in [0, 0.05) is 35.1 Å². The molecule has 2 heterocycles. The summed E-state index contributed by atoms with van der Waals surface area (Å²) in [7, 11) is 0. The van der Waals surface area contributed by atoms with E-state index in [1.54, 1.807) is 0 Å². The van der Waals surface area contributed by atoms with E-state index in [9.17, 15) is 0 Å². The number of nitrogens with zero attached hydrogens (tertiary/aromatic N) is 3. The van der Waals surface area contributed by atoms with Gasteiger partial charge in [0.15, 0.2) is 0 Å². The Hall–Kier alpha value is -3.20. The molecule has 0 saturated heterocycles. The molecule has 110 valence electrons. The van der Waals surface area contributed by atoms with E-state index in [2.05, 4.69) is 45.2 Å². The average Bonchev–Trinajstić information content (AvgIpc) is 2.64. The molecule has 0 aliphatic carbocycles. The van der Waals surface area contributed by atoms with Gasteiger partial charge in [-0.05, 0) is 36.4 Å². The Morgan fingerprint density at radius 1 is 0.696 bits per heavy atom. The number of hydrogen-bond acceptors (Lipinski definition) is 3. The van der Waals surface area contributed by atoms with Crippen LogP contribution in [0.2, 0.25) is 0 Å². The topological polar surface area (TPSA) is 29.0 Å². The summed E-state index contributed by atoms with van der Waals surface area (Å²) in [5.41, 5.74) is 2.17. The summed E-state index contributed by atoms with van der Waals surface area (Å²) in [5.74, 6) is 0.892. The SMILES string of the molecule is c1ccc(N(c2ccccn2)c2cccc3cnccc23)cc1. The van der Waals surface area contributed by atoms with Crippen LogP contribution < -0.4 is 4.90 Å². The van der Waals surface area contributed by atoms with Crippen molar-refractivity contribution in [3.05, 3.63) is 91.4 Å². The summed E-state index contributed by atoms with van der Waals surface area (Å²) >= 11 is 0. The predicted molar refractivity (Wildman–Crippen MR) is 94.2 cm³/mol. The highest BCUT2D eigenvalue weighted by molar-refractivity contribution is 5.97. The van der Waals surface area contributed by atoms with Gasteiger partial charge in [-0.2, -0.15) is 0 Å². The molecular weight excluding hydrogens is 282 g/mol. The lowest BCUT2D eigenvalue weighted by molar-refractivity contribution is 1.19. The molecule has 0 unspecified atom stereocenters. The minimum Gasteiger partial charge on any atom is -0.294 e. The molecule has 4 aromatic rings. The third-order valence-electron chi connectivity index (χ3n) is 3.79. The van der Waals surface area contributed by atoms with Gasteiger partial charge in [-0.3, -0.25) is 9.88 Å². The third-order valence-corrected chi connectivity index (χ3v) is 3.79. The van der Waals surface area contributed by atoms with E-state index in [0.29, 0.717) is 0 Å². The number of anilines is 3. The Labute approximate surface area is 134 Å². The van der Waals surface area contributed by atoms with Crippen molar-refractivity contribution in [1.29, 1.82) is 0 Å². The van der Waals surface area contributed by atoms with E-state index >= 15 is 0 Å². The molecule has 0 bridgehead atoms. The number of pyridine rings is 2. The van der Waals surface area contributed by atoms with Gasteiger partial charge < -0.3 is 0 Å². The molecule has 2 aromatic heterocycles. The summed E-state index contributed by atoms with van der Waals surface area (Å²) in [5, 5.41) is 2.26. The highest BCUT2D eigenvalue weighted by atomic mass is 15.2. The van der Waals surface area contributed by atoms with Crippen molar-refractivity contribution in [2.45, 2.75) is 0 Å². The maximum Gasteiger partial charge on any atom is 0.137 e. The maximum absolute atomic E-state index is 4.55. The standard InChI is InChI=1S/C20H15N3/c1-2-8-17(9-3-1)23(20-11-4-5-13-22-20)19-10-6-7-16-15-21-14-12-18(16)19/h1-15H. The molecular formula is C20H15N3. The molecule has 0 aliphatic rings. The largest absolute Gasteiger partial charge is 0.294 e. The Balaban J connectivity index is 1.98. The molecule has 3 heteroatoms. The molecule has 0 saturated carbocycles. The smallest absolute Gasteiger partial charge is 0.137 e. The first kappa shape index (κ1) is 13.5. The van der Waals surface area contributed by atoms with Crippen molar-refractivity contribution in [1.82, 2.24) is 9.97 Å². The van der Waals surface area contributed by atoms with Crippen LogP contribution in [0.5, 0.6) is 0 Å². The highest BCUT2D eigenvalue weighted by Crippen LogP contribution is 2.37. The molecule has 2 aromatic carbocycles. The summed E-state index contributed by atoms with van der Waals surface area (Å²) in [6.45, 7) is 0. The summed E-state index contributed by atoms with van der Waals surface area (Å²) in [6.07, 6.45) is 5.53. The van der Waals surface area contributed by atoms with Crippen molar-refractivity contribution >= 4 is 28.0 Å². The quantitative estimate of drug-likeness (QED) is 0.527. The Morgan fingerprint density at radius 3 is 2.39 bits per heavy atom. The highest BCUT2D eigenvalue weighted by Gasteiger charge is 2.15. The minimum atomic E-state index is 0.892. The zero-order valence-electron chi connectivity index (χ0n) is 12.5. The van der Waals surface area contributed by atoms with E-state index in [1.807, 2.05) is 61.1 Å². The normalized spacial score (nSPS) is 10.6. The van der Waals surface area contributed by atoms with Crippen molar-refractivity contribution < 1.29 is 0 Å². The van der Waals surface area contributed by atoms with Gasteiger partial charge in [0.05, 0.1) is 5.69 Å². The van der Waals surface area contributed by atoms with Crippen molar-refractivity contribution in [2.24, 2.45) is 0 Å². The Kier molecular flexibility index (Phi) is 3.45. The van der Waals surface area contributed by atoms with Crippen LogP contribution in [0.15, 0.2) is 91.4 Å². The van der Waals surface area contributed by atoms with E-state index in [4.69, 9.17) is 0 Å². The molecule has 4 rings (SSSR count). The first-order valence-corrected chi connectivity index (χ1v) is 7.52. The van der Waals surface area contributed by atoms with Crippen LogP contribution >= 0.6 is 0 Å². The summed E-state index contributed by atoms with van der Waals surface area (Å²) < 4.78 is 0. The fourth-order valence-electron chi connectivity index (χ4n) is 2.76. The molecule has 0 fully saturated rings. The van der Waals surface area contributed by atoms with Crippen LogP contribution in [0.25, 0.3) is 10.8 Å². The third kappa shape index (κ3) is 2.53. The second kappa shape index (κ2) is 5.89. The van der Waals surface area contributed by atoms with Crippen molar-refractivity contribution in [2.75, 3.05) is 4.90 Å². The average molecular weight is 297 g/mol. The van der Waals surface area contributed by atoms with Crippen LogP contribution in [0.1, 0.15) is 0 Å². The predicted octanol–water partition coefficient (Wildman–Crippen LogP) is 5.10. The number of fused-ring (bicyclic) bond motifs is 1. The minimum absolute atomic E-state index is 0.892. The van der Waals surface area contributed by atoms with Crippen LogP contribution in [-0.4, -0.2) is 9.97 Å². The zero-order valence-corrected chi connectivity index (χ0v) is 12.5. The van der Waals surface area contributed by atoms with E-state index < -0.39 is 0 Å². The number of rotatable bonds is 3. The number of benzene rings is 2. The molecule has 3 nitrogen and oxygen atoms in total.